The number of aliphatic hydroxyl groups excluding tert-OH is 1. The number of carbonyl (C=O) groups is 1. The molecule has 1 rings (SSSR count). The van der Waals surface area contributed by atoms with Crippen molar-refractivity contribution in [3.05, 3.63) is 29.8 Å². The smallest absolute Gasteiger partial charge is 0.226 e. The minimum absolute atomic E-state index is 0.110. The van der Waals surface area contributed by atoms with Crippen LogP contribution in [0.2, 0.25) is 0 Å². The van der Waals surface area contributed by atoms with Crippen LogP contribution in [-0.2, 0) is 11.2 Å². The number of amides is 1. The van der Waals surface area contributed by atoms with E-state index >= 15 is 0 Å². The first-order chi connectivity index (χ1) is 8.26. The van der Waals surface area contributed by atoms with Crippen LogP contribution in [0.5, 0.6) is 0 Å². The molecule has 17 heavy (non-hydrogen) atoms. The van der Waals surface area contributed by atoms with E-state index in [0.717, 1.165) is 12.1 Å². The Labute approximate surface area is 103 Å². The third-order valence-electron chi connectivity index (χ3n) is 2.65. The Bertz CT molecular complexity index is 333. The van der Waals surface area contributed by atoms with E-state index in [-0.39, 0.29) is 18.9 Å². The Morgan fingerprint density at radius 3 is 2.53 bits per heavy atom. The fourth-order valence-corrected chi connectivity index (χ4v) is 1.66. The quantitative estimate of drug-likeness (QED) is 0.714. The highest BCUT2D eigenvalue weighted by molar-refractivity contribution is 5.90. The summed E-state index contributed by atoms with van der Waals surface area (Å²) >= 11 is 0. The Balaban J connectivity index is 2.41. The maximum absolute atomic E-state index is 11.2. The van der Waals surface area contributed by atoms with Gasteiger partial charge in [0.15, 0.2) is 0 Å². The lowest BCUT2D eigenvalue weighted by Gasteiger charge is -2.05. The Hall–Kier alpha value is -1.35. The molecule has 0 aliphatic heterocycles. The third kappa shape index (κ3) is 5.50. The molecule has 0 saturated heterocycles. The summed E-state index contributed by atoms with van der Waals surface area (Å²) in [5.74, 6) is -0.147. The molecule has 0 fully saturated rings. The van der Waals surface area contributed by atoms with Gasteiger partial charge in [0.2, 0.25) is 5.91 Å². The van der Waals surface area contributed by atoms with Crippen LogP contribution < -0.4 is 5.32 Å². The number of aliphatic hydroxyl groups is 1. The van der Waals surface area contributed by atoms with E-state index in [1.807, 2.05) is 24.3 Å². The molecule has 1 aromatic carbocycles. The van der Waals surface area contributed by atoms with Crippen molar-refractivity contribution in [2.24, 2.45) is 0 Å². The molecule has 0 aliphatic rings. The predicted octanol–water partition coefficient (Wildman–Crippen LogP) is 2.74. The summed E-state index contributed by atoms with van der Waals surface area (Å²) in [6, 6.07) is 7.92. The van der Waals surface area contributed by atoms with Gasteiger partial charge in [0.25, 0.3) is 0 Å². The second kappa shape index (κ2) is 7.85. The van der Waals surface area contributed by atoms with E-state index in [1.54, 1.807) is 0 Å². The van der Waals surface area contributed by atoms with Gasteiger partial charge >= 0.3 is 0 Å². The number of unbranched alkanes of at least 4 members (excludes halogenated alkanes) is 2. The number of carbonyl (C=O) groups excluding carboxylic acids is 1. The fourth-order valence-electron chi connectivity index (χ4n) is 1.66. The normalized spacial score (nSPS) is 10.2. The van der Waals surface area contributed by atoms with Crippen molar-refractivity contribution < 1.29 is 9.90 Å². The molecule has 0 spiro atoms. The number of hydrogen-bond acceptors (Lipinski definition) is 2. The van der Waals surface area contributed by atoms with E-state index in [1.165, 1.54) is 24.8 Å². The minimum Gasteiger partial charge on any atom is -0.396 e. The number of hydrogen-bond donors (Lipinski definition) is 2. The van der Waals surface area contributed by atoms with Crippen LogP contribution in [0.3, 0.4) is 0 Å². The lowest BCUT2D eigenvalue weighted by atomic mass is 10.1. The van der Waals surface area contributed by atoms with Gasteiger partial charge in [-0.1, -0.05) is 31.9 Å². The first-order valence-corrected chi connectivity index (χ1v) is 6.26. The molecule has 0 heterocycles. The van der Waals surface area contributed by atoms with Gasteiger partial charge in [-0.15, -0.1) is 0 Å². The molecule has 2 N–H and O–H groups in total. The summed E-state index contributed by atoms with van der Waals surface area (Å²) in [6.45, 7) is 2.08. The van der Waals surface area contributed by atoms with Crippen LogP contribution in [0.15, 0.2) is 24.3 Å². The summed E-state index contributed by atoms with van der Waals surface area (Å²) in [5.41, 5.74) is 2.10. The largest absolute Gasteiger partial charge is 0.396 e. The topological polar surface area (TPSA) is 49.3 Å². The molecule has 0 atom stereocenters. The summed E-state index contributed by atoms with van der Waals surface area (Å²) in [7, 11) is 0. The SMILES string of the molecule is CCCCCc1ccc(NC(=O)CCO)cc1. The van der Waals surface area contributed by atoms with E-state index in [9.17, 15) is 4.79 Å². The van der Waals surface area contributed by atoms with Crippen LogP contribution in [0.25, 0.3) is 0 Å². The third-order valence-corrected chi connectivity index (χ3v) is 2.65. The average Bonchev–Trinajstić information content (AvgIpc) is 2.32. The summed E-state index contributed by atoms with van der Waals surface area (Å²) in [6.07, 6.45) is 4.95. The monoisotopic (exact) mass is 235 g/mol. The molecule has 0 unspecified atom stereocenters. The van der Waals surface area contributed by atoms with Crippen molar-refractivity contribution in [3.63, 3.8) is 0 Å². The molecule has 0 radical (unpaired) electrons. The first kappa shape index (κ1) is 13.7. The summed E-state index contributed by atoms with van der Waals surface area (Å²) in [5, 5.41) is 11.4. The highest BCUT2D eigenvalue weighted by atomic mass is 16.3. The van der Waals surface area contributed by atoms with Crippen LogP contribution in [0.1, 0.15) is 38.2 Å². The number of rotatable bonds is 7. The van der Waals surface area contributed by atoms with Crippen molar-refractivity contribution in [2.45, 2.75) is 39.0 Å². The van der Waals surface area contributed by atoms with Crippen LogP contribution >= 0.6 is 0 Å². The molecule has 0 bridgehead atoms. The number of benzene rings is 1. The maximum Gasteiger partial charge on any atom is 0.226 e. The van der Waals surface area contributed by atoms with Crippen molar-refractivity contribution in [1.82, 2.24) is 0 Å². The molecule has 0 saturated carbocycles. The molecule has 1 amide bonds. The van der Waals surface area contributed by atoms with Crippen molar-refractivity contribution in [2.75, 3.05) is 11.9 Å². The van der Waals surface area contributed by atoms with Crippen molar-refractivity contribution in [3.8, 4) is 0 Å². The highest BCUT2D eigenvalue weighted by Gasteiger charge is 2.00. The standard InChI is InChI=1S/C14H21NO2/c1-2-3-4-5-12-6-8-13(9-7-12)15-14(17)10-11-16/h6-9,16H,2-5,10-11H2,1H3,(H,15,17). The minimum atomic E-state index is -0.147. The van der Waals surface area contributed by atoms with E-state index in [0.29, 0.717) is 0 Å². The van der Waals surface area contributed by atoms with Crippen LogP contribution in [0, 0.1) is 0 Å². The van der Waals surface area contributed by atoms with Crippen LogP contribution in [0.4, 0.5) is 5.69 Å². The zero-order chi connectivity index (χ0) is 12.5. The van der Waals surface area contributed by atoms with E-state index in [2.05, 4.69) is 12.2 Å². The molecule has 1 aromatic rings. The highest BCUT2D eigenvalue weighted by Crippen LogP contribution is 2.12. The van der Waals surface area contributed by atoms with E-state index < -0.39 is 0 Å². The Morgan fingerprint density at radius 1 is 1.24 bits per heavy atom. The second-order valence-electron chi connectivity index (χ2n) is 4.18. The number of aryl methyl sites for hydroxylation is 1. The average molecular weight is 235 g/mol. The molecule has 94 valence electrons. The molecule has 3 nitrogen and oxygen atoms in total. The van der Waals surface area contributed by atoms with Gasteiger partial charge in [0, 0.05) is 5.69 Å². The van der Waals surface area contributed by atoms with Crippen molar-refractivity contribution in [1.29, 1.82) is 0 Å². The van der Waals surface area contributed by atoms with E-state index in [4.69, 9.17) is 5.11 Å². The van der Waals surface area contributed by atoms with Gasteiger partial charge in [-0.05, 0) is 30.5 Å². The zero-order valence-electron chi connectivity index (χ0n) is 10.4. The van der Waals surface area contributed by atoms with Gasteiger partial charge in [0.1, 0.15) is 0 Å². The summed E-state index contributed by atoms with van der Waals surface area (Å²) < 4.78 is 0. The lowest BCUT2D eigenvalue weighted by molar-refractivity contribution is -0.116. The summed E-state index contributed by atoms with van der Waals surface area (Å²) in [4.78, 5) is 11.2. The van der Waals surface area contributed by atoms with Gasteiger partial charge in [0.05, 0.1) is 13.0 Å². The second-order valence-corrected chi connectivity index (χ2v) is 4.18. The molecular weight excluding hydrogens is 214 g/mol. The number of anilines is 1. The predicted molar refractivity (Wildman–Crippen MR) is 70.0 cm³/mol. The molecule has 3 heteroatoms. The van der Waals surface area contributed by atoms with Gasteiger partial charge < -0.3 is 10.4 Å². The maximum atomic E-state index is 11.2. The molecule has 0 aromatic heterocycles. The van der Waals surface area contributed by atoms with Crippen LogP contribution in [-0.4, -0.2) is 17.6 Å². The number of nitrogens with one attached hydrogen (secondary N) is 1. The first-order valence-electron chi connectivity index (χ1n) is 6.26. The molecular formula is C14H21NO2. The van der Waals surface area contributed by atoms with Gasteiger partial charge in [-0.2, -0.15) is 0 Å². The fraction of sp³-hybridized carbons (Fsp3) is 0.500. The lowest BCUT2D eigenvalue weighted by Crippen LogP contribution is -2.12. The van der Waals surface area contributed by atoms with Gasteiger partial charge in [-0.25, -0.2) is 0 Å². The Kier molecular flexibility index (Phi) is 6.33. The van der Waals surface area contributed by atoms with Gasteiger partial charge in [-0.3, -0.25) is 4.79 Å². The van der Waals surface area contributed by atoms with Crippen molar-refractivity contribution >= 4 is 11.6 Å². The molecule has 0 aliphatic carbocycles. The Morgan fingerprint density at radius 2 is 1.94 bits per heavy atom. The zero-order valence-corrected chi connectivity index (χ0v) is 10.4.